The summed E-state index contributed by atoms with van der Waals surface area (Å²) in [5.74, 6) is 1.10. The number of hydrogen-bond donors (Lipinski definition) is 1. The van der Waals surface area contributed by atoms with Gasteiger partial charge in [0.05, 0.1) is 5.56 Å². The van der Waals surface area contributed by atoms with Crippen LogP contribution in [0.2, 0.25) is 0 Å². The van der Waals surface area contributed by atoms with Crippen molar-refractivity contribution in [2.45, 2.75) is 38.1 Å². The van der Waals surface area contributed by atoms with E-state index in [9.17, 15) is 4.79 Å². The molecule has 5 rings (SSSR count). The zero-order valence-electron chi connectivity index (χ0n) is 17.7. The van der Waals surface area contributed by atoms with Gasteiger partial charge in [0.15, 0.2) is 0 Å². The maximum atomic E-state index is 11.1. The lowest BCUT2D eigenvalue weighted by atomic mass is 9.89. The molecule has 2 aromatic heterocycles. The quantitative estimate of drug-likeness (QED) is 0.586. The Morgan fingerprint density at radius 2 is 1.97 bits per heavy atom. The maximum absolute atomic E-state index is 11.1. The van der Waals surface area contributed by atoms with Crippen molar-refractivity contribution in [2.24, 2.45) is 5.92 Å². The van der Waals surface area contributed by atoms with Gasteiger partial charge in [-0.1, -0.05) is 6.07 Å². The van der Waals surface area contributed by atoms with Crippen molar-refractivity contribution in [3.8, 4) is 5.75 Å². The molecule has 1 aliphatic carbocycles. The number of aromatic nitrogens is 2. The number of fused-ring (bicyclic) bond motifs is 1. The van der Waals surface area contributed by atoms with Crippen molar-refractivity contribution < 1.29 is 14.6 Å². The first-order valence-electron chi connectivity index (χ1n) is 11.3. The third-order valence-corrected chi connectivity index (χ3v) is 6.60. The molecule has 1 aromatic carbocycles. The number of carboxylic acid groups (broad SMARTS) is 1. The van der Waals surface area contributed by atoms with Gasteiger partial charge in [-0.3, -0.25) is 4.90 Å². The third kappa shape index (κ3) is 4.59. The lowest BCUT2D eigenvalue weighted by molar-refractivity contribution is 0.0696. The number of pyridine rings is 1. The van der Waals surface area contributed by atoms with Crippen LogP contribution < -0.4 is 4.74 Å². The highest BCUT2D eigenvalue weighted by Gasteiger charge is 2.26. The molecule has 6 heteroatoms. The van der Waals surface area contributed by atoms with Crippen LogP contribution in [0.5, 0.6) is 5.75 Å². The summed E-state index contributed by atoms with van der Waals surface area (Å²) in [4.78, 5) is 18.2. The summed E-state index contributed by atoms with van der Waals surface area (Å²) in [6.07, 6.45) is 9.27. The normalized spacial score (nSPS) is 17.8. The zero-order chi connectivity index (χ0) is 21.2. The number of carboxylic acids is 1. The highest BCUT2D eigenvalue weighted by Crippen LogP contribution is 2.36. The van der Waals surface area contributed by atoms with E-state index in [-0.39, 0.29) is 5.56 Å². The van der Waals surface area contributed by atoms with Gasteiger partial charge in [0.1, 0.15) is 18.0 Å². The van der Waals surface area contributed by atoms with Crippen LogP contribution in [0.15, 0.2) is 48.8 Å². The lowest BCUT2D eigenvalue weighted by Crippen LogP contribution is -2.35. The van der Waals surface area contributed by atoms with Gasteiger partial charge in [-0.25, -0.2) is 9.78 Å². The van der Waals surface area contributed by atoms with Crippen LogP contribution in [0.25, 0.3) is 11.0 Å². The molecule has 162 valence electrons. The molecule has 3 aromatic rings. The molecule has 0 spiro atoms. The van der Waals surface area contributed by atoms with Crippen molar-refractivity contribution in [2.75, 3.05) is 26.2 Å². The minimum atomic E-state index is -0.929. The molecule has 6 nitrogen and oxygen atoms in total. The second-order valence-corrected chi connectivity index (χ2v) is 8.85. The highest BCUT2D eigenvalue weighted by molar-refractivity contribution is 5.88. The average molecular weight is 420 g/mol. The number of benzene rings is 1. The number of nitrogens with zero attached hydrogens (tertiary/aromatic N) is 3. The molecule has 2 fully saturated rings. The minimum absolute atomic E-state index is 0.258. The number of hydrogen-bond acceptors (Lipinski definition) is 4. The molecule has 0 unspecified atom stereocenters. The number of aromatic carboxylic acids is 1. The van der Waals surface area contributed by atoms with E-state index in [0.717, 1.165) is 50.6 Å². The number of ether oxygens (including phenoxy) is 1. The fourth-order valence-electron chi connectivity index (χ4n) is 4.67. The van der Waals surface area contributed by atoms with E-state index in [1.54, 1.807) is 18.2 Å². The molecule has 3 heterocycles. The average Bonchev–Trinajstić information content (AvgIpc) is 3.54. The summed E-state index contributed by atoms with van der Waals surface area (Å²) in [5.41, 5.74) is 2.86. The number of piperidine rings is 1. The summed E-state index contributed by atoms with van der Waals surface area (Å²) in [5, 5.41) is 10.4. The van der Waals surface area contributed by atoms with Crippen LogP contribution in [-0.2, 0) is 6.54 Å². The van der Waals surface area contributed by atoms with Crippen molar-refractivity contribution in [1.82, 2.24) is 14.5 Å². The van der Waals surface area contributed by atoms with Crippen LogP contribution >= 0.6 is 0 Å². The summed E-state index contributed by atoms with van der Waals surface area (Å²) in [7, 11) is 0. The SMILES string of the molecule is O=C(O)c1cccc(OCCN2CCC(c3cn(CC4CC4)c4ncccc34)CC2)c1. The Morgan fingerprint density at radius 3 is 2.74 bits per heavy atom. The first-order chi connectivity index (χ1) is 15.2. The van der Waals surface area contributed by atoms with Crippen LogP contribution in [0.1, 0.15) is 47.5 Å². The van der Waals surface area contributed by atoms with Gasteiger partial charge in [-0.2, -0.15) is 0 Å². The van der Waals surface area contributed by atoms with E-state index in [1.807, 2.05) is 12.3 Å². The molecule has 31 heavy (non-hydrogen) atoms. The molecular weight excluding hydrogens is 390 g/mol. The molecule has 1 saturated carbocycles. The van der Waals surface area contributed by atoms with Crippen molar-refractivity contribution in [3.05, 3.63) is 59.9 Å². The minimum Gasteiger partial charge on any atom is -0.492 e. The number of rotatable bonds is 8. The first-order valence-corrected chi connectivity index (χ1v) is 11.3. The Morgan fingerprint density at radius 1 is 1.13 bits per heavy atom. The second kappa shape index (κ2) is 8.71. The van der Waals surface area contributed by atoms with Crippen molar-refractivity contribution >= 4 is 17.0 Å². The van der Waals surface area contributed by atoms with Crippen molar-refractivity contribution in [1.29, 1.82) is 0 Å². The van der Waals surface area contributed by atoms with E-state index in [1.165, 1.54) is 23.8 Å². The fourth-order valence-corrected chi connectivity index (χ4v) is 4.67. The number of likely N-dealkylation sites (tertiary alicyclic amines) is 1. The highest BCUT2D eigenvalue weighted by atomic mass is 16.5. The summed E-state index contributed by atoms with van der Waals surface area (Å²) in [6.45, 7) is 4.64. The molecule has 0 radical (unpaired) electrons. The smallest absolute Gasteiger partial charge is 0.335 e. The predicted molar refractivity (Wildman–Crippen MR) is 120 cm³/mol. The van der Waals surface area contributed by atoms with Crippen LogP contribution in [0.4, 0.5) is 0 Å². The largest absolute Gasteiger partial charge is 0.492 e. The van der Waals surface area contributed by atoms with Crippen LogP contribution in [0.3, 0.4) is 0 Å². The van der Waals surface area contributed by atoms with Gasteiger partial charge < -0.3 is 14.4 Å². The standard InChI is InChI=1S/C25H29N3O3/c29-25(30)20-3-1-4-21(15-20)31-14-13-27-11-8-19(9-12-27)23-17-28(16-18-6-7-18)24-22(23)5-2-10-26-24/h1-5,10,15,17-19H,6-9,11-14,16H2,(H,29,30). The Balaban J connectivity index is 1.16. The van der Waals surface area contributed by atoms with E-state index in [4.69, 9.17) is 9.84 Å². The molecule has 0 bridgehead atoms. The monoisotopic (exact) mass is 419 g/mol. The van der Waals surface area contributed by atoms with Crippen LogP contribution in [-0.4, -0.2) is 51.8 Å². The van der Waals surface area contributed by atoms with Crippen molar-refractivity contribution in [3.63, 3.8) is 0 Å². The molecular formula is C25H29N3O3. The van der Waals surface area contributed by atoms with E-state index in [2.05, 4.69) is 32.8 Å². The van der Waals surface area contributed by atoms with E-state index >= 15 is 0 Å². The van der Waals surface area contributed by atoms with Gasteiger partial charge in [0.25, 0.3) is 0 Å². The summed E-state index contributed by atoms with van der Waals surface area (Å²) >= 11 is 0. The molecule has 1 saturated heterocycles. The fraction of sp³-hybridized carbons (Fsp3) is 0.440. The molecule has 0 atom stereocenters. The summed E-state index contributed by atoms with van der Waals surface area (Å²) in [6, 6.07) is 11.0. The molecule has 2 aliphatic rings. The van der Waals surface area contributed by atoms with E-state index < -0.39 is 5.97 Å². The Labute approximate surface area is 182 Å². The first kappa shape index (κ1) is 20.1. The Bertz CT molecular complexity index is 1060. The predicted octanol–water partition coefficient (Wildman–Crippen LogP) is 4.40. The zero-order valence-corrected chi connectivity index (χ0v) is 17.7. The number of carbonyl (C=O) groups is 1. The lowest BCUT2D eigenvalue weighted by Gasteiger charge is -2.31. The van der Waals surface area contributed by atoms with E-state index in [0.29, 0.717) is 18.3 Å². The Kier molecular flexibility index (Phi) is 5.64. The topological polar surface area (TPSA) is 67.6 Å². The third-order valence-electron chi connectivity index (χ3n) is 6.60. The summed E-state index contributed by atoms with van der Waals surface area (Å²) < 4.78 is 8.18. The van der Waals surface area contributed by atoms with Gasteiger partial charge in [-0.05, 0) is 86.5 Å². The maximum Gasteiger partial charge on any atom is 0.335 e. The van der Waals surface area contributed by atoms with Gasteiger partial charge in [0.2, 0.25) is 0 Å². The van der Waals surface area contributed by atoms with Gasteiger partial charge in [0, 0.05) is 30.9 Å². The molecule has 1 N–H and O–H groups in total. The molecule has 0 amide bonds. The van der Waals surface area contributed by atoms with Gasteiger partial charge in [-0.15, -0.1) is 0 Å². The second-order valence-electron chi connectivity index (χ2n) is 8.85. The Hall–Kier alpha value is -2.86. The van der Waals surface area contributed by atoms with Gasteiger partial charge >= 0.3 is 5.97 Å². The van der Waals surface area contributed by atoms with Crippen LogP contribution in [0, 0.1) is 5.92 Å². The molecule has 1 aliphatic heterocycles.